The van der Waals surface area contributed by atoms with E-state index >= 15 is 0 Å². The molecule has 3 aromatic rings. The second-order valence-corrected chi connectivity index (χ2v) is 9.66. The average molecular weight is 489 g/mol. The molecule has 1 aliphatic heterocycles. The minimum absolute atomic E-state index is 0.0663. The highest BCUT2D eigenvalue weighted by Crippen LogP contribution is 2.31. The molecule has 1 fully saturated rings. The van der Waals surface area contributed by atoms with E-state index in [4.69, 9.17) is 4.74 Å². The van der Waals surface area contributed by atoms with E-state index in [-0.39, 0.29) is 35.8 Å². The van der Waals surface area contributed by atoms with Crippen LogP contribution in [0.4, 0.5) is 13.2 Å². The van der Waals surface area contributed by atoms with E-state index in [9.17, 15) is 23.1 Å². The summed E-state index contributed by atoms with van der Waals surface area (Å²) in [5.41, 5.74) is -0.284. The van der Waals surface area contributed by atoms with Crippen LogP contribution in [0.15, 0.2) is 48.7 Å². The van der Waals surface area contributed by atoms with Gasteiger partial charge in [0, 0.05) is 30.6 Å². The minimum atomic E-state index is -4.51. The largest absolute Gasteiger partial charge is 0.456 e. The highest BCUT2D eigenvalue weighted by molar-refractivity contribution is 5.95. The summed E-state index contributed by atoms with van der Waals surface area (Å²) in [5.74, 6) is 0.367. The Kier molecular flexibility index (Phi) is 6.70. The van der Waals surface area contributed by atoms with Gasteiger partial charge in [0.1, 0.15) is 22.9 Å². The molecule has 0 bridgehead atoms. The van der Waals surface area contributed by atoms with Crippen molar-refractivity contribution in [1.82, 2.24) is 20.2 Å². The molecule has 1 saturated heterocycles. The van der Waals surface area contributed by atoms with Crippen molar-refractivity contribution < 1.29 is 27.8 Å². The van der Waals surface area contributed by atoms with E-state index in [2.05, 4.69) is 36.1 Å². The highest BCUT2D eigenvalue weighted by atomic mass is 19.4. The molecule has 2 atom stereocenters. The number of carbonyl (C=O) groups excluding carboxylic acids is 1. The molecular weight excluding hydrogens is 461 g/mol. The van der Waals surface area contributed by atoms with Crippen molar-refractivity contribution in [3.8, 4) is 11.5 Å². The van der Waals surface area contributed by atoms with Gasteiger partial charge >= 0.3 is 6.18 Å². The predicted octanol–water partition coefficient (Wildman–Crippen LogP) is 4.26. The zero-order valence-electron chi connectivity index (χ0n) is 19.6. The predicted molar refractivity (Wildman–Crippen MR) is 124 cm³/mol. The summed E-state index contributed by atoms with van der Waals surface area (Å²) >= 11 is 0. The van der Waals surface area contributed by atoms with Gasteiger partial charge in [-0.3, -0.25) is 4.79 Å². The molecule has 3 heterocycles. The molecule has 4 rings (SSSR count). The Hall–Kier alpha value is -3.24. The number of aliphatic hydroxyl groups excluding tert-OH is 1. The van der Waals surface area contributed by atoms with Crippen molar-refractivity contribution in [2.24, 2.45) is 5.41 Å². The average Bonchev–Trinajstić information content (AvgIpc) is 2.82. The standard InChI is InChI=1S/C25H27F3N4O3/c1-24(2,3)22-12-29-16(14-33)13-32(22)23(34)20-7-4-15-10-17(5-8-19(15)31-20)35-18-6-9-21(30-11-18)25(26,27)28/h4-11,16,22,29,33H,12-14H2,1-3H3. The van der Waals surface area contributed by atoms with Crippen molar-refractivity contribution in [2.75, 3.05) is 19.7 Å². The molecule has 0 radical (unpaired) electrons. The van der Waals surface area contributed by atoms with Gasteiger partial charge in [0.25, 0.3) is 5.91 Å². The molecule has 1 aliphatic rings. The number of nitrogens with one attached hydrogen (secondary N) is 1. The van der Waals surface area contributed by atoms with Gasteiger partial charge in [-0.25, -0.2) is 9.97 Å². The fourth-order valence-corrected chi connectivity index (χ4v) is 4.12. The third kappa shape index (κ3) is 5.54. The molecule has 7 nitrogen and oxygen atoms in total. The van der Waals surface area contributed by atoms with Crippen LogP contribution >= 0.6 is 0 Å². The number of ether oxygens (including phenoxy) is 1. The Bertz CT molecular complexity index is 1210. The molecule has 2 aromatic heterocycles. The molecule has 0 aliphatic carbocycles. The summed E-state index contributed by atoms with van der Waals surface area (Å²) in [5, 5.41) is 13.6. The molecule has 10 heteroatoms. The molecule has 2 unspecified atom stereocenters. The normalized spacial score (nSPS) is 19.1. The molecule has 0 spiro atoms. The molecule has 35 heavy (non-hydrogen) atoms. The second kappa shape index (κ2) is 9.43. The van der Waals surface area contributed by atoms with Gasteiger partial charge in [-0.2, -0.15) is 13.2 Å². The number of aromatic nitrogens is 2. The van der Waals surface area contributed by atoms with Gasteiger partial charge in [-0.05, 0) is 41.8 Å². The van der Waals surface area contributed by atoms with Crippen LogP contribution in [-0.4, -0.2) is 57.7 Å². The van der Waals surface area contributed by atoms with E-state index < -0.39 is 11.9 Å². The van der Waals surface area contributed by atoms with Crippen LogP contribution in [0.3, 0.4) is 0 Å². The first-order valence-corrected chi connectivity index (χ1v) is 11.2. The number of hydrogen-bond donors (Lipinski definition) is 2. The zero-order valence-corrected chi connectivity index (χ0v) is 19.6. The van der Waals surface area contributed by atoms with Crippen molar-refractivity contribution in [3.63, 3.8) is 0 Å². The number of piperazine rings is 1. The molecular formula is C25H27F3N4O3. The maximum absolute atomic E-state index is 13.4. The lowest BCUT2D eigenvalue weighted by Gasteiger charge is -2.46. The number of fused-ring (bicyclic) bond motifs is 1. The Morgan fingerprint density at radius 2 is 1.89 bits per heavy atom. The topological polar surface area (TPSA) is 87.6 Å². The third-order valence-electron chi connectivity index (χ3n) is 6.02. The van der Waals surface area contributed by atoms with Crippen LogP contribution in [-0.2, 0) is 6.18 Å². The van der Waals surface area contributed by atoms with Crippen LogP contribution in [0.2, 0.25) is 0 Å². The third-order valence-corrected chi connectivity index (χ3v) is 6.02. The summed E-state index contributed by atoms with van der Waals surface area (Å²) in [6.45, 7) is 7.10. The fraction of sp³-hybridized carbons (Fsp3) is 0.400. The van der Waals surface area contributed by atoms with Crippen LogP contribution < -0.4 is 10.1 Å². The number of rotatable bonds is 4. The van der Waals surface area contributed by atoms with Gasteiger partial charge in [0.2, 0.25) is 0 Å². The van der Waals surface area contributed by atoms with E-state index in [1.165, 1.54) is 6.07 Å². The summed E-state index contributed by atoms with van der Waals surface area (Å²) < 4.78 is 43.7. The number of amides is 1. The van der Waals surface area contributed by atoms with Crippen molar-refractivity contribution in [3.05, 3.63) is 60.0 Å². The second-order valence-electron chi connectivity index (χ2n) is 9.66. The van der Waals surface area contributed by atoms with E-state index in [0.29, 0.717) is 35.4 Å². The number of carbonyl (C=O) groups is 1. The Balaban J connectivity index is 1.55. The highest BCUT2D eigenvalue weighted by Gasteiger charge is 2.38. The van der Waals surface area contributed by atoms with Crippen LogP contribution in [0.25, 0.3) is 10.9 Å². The fourth-order valence-electron chi connectivity index (χ4n) is 4.12. The van der Waals surface area contributed by atoms with Crippen molar-refractivity contribution in [1.29, 1.82) is 0 Å². The number of alkyl halides is 3. The number of nitrogens with zero attached hydrogens (tertiary/aromatic N) is 3. The maximum Gasteiger partial charge on any atom is 0.433 e. The lowest BCUT2D eigenvalue weighted by molar-refractivity contribution is -0.141. The number of pyridine rings is 2. The smallest absolute Gasteiger partial charge is 0.433 e. The summed E-state index contributed by atoms with van der Waals surface area (Å²) in [7, 11) is 0. The Morgan fingerprint density at radius 3 is 2.51 bits per heavy atom. The Labute approximate surface area is 200 Å². The van der Waals surface area contributed by atoms with E-state index in [1.54, 1.807) is 35.2 Å². The van der Waals surface area contributed by atoms with Gasteiger partial charge in [-0.1, -0.05) is 26.8 Å². The van der Waals surface area contributed by atoms with Crippen molar-refractivity contribution >= 4 is 16.8 Å². The maximum atomic E-state index is 13.4. The lowest BCUT2D eigenvalue weighted by atomic mass is 9.83. The summed E-state index contributed by atoms with van der Waals surface area (Å²) in [6.07, 6.45) is -3.50. The lowest BCUT2D eigenvalue weighted by Crippen LogP contribution is -2.63. The van der Waals surface area contributed by atoms with Crippen molar-refractivity contribution in [2.45, 2.75) is 39.0 Å². The van der Waals surface area contributed by atoms with E-state index in [0.717, 1.165) is 12.3 Å². The first-order valence-electron chi connectivity index (χ1n) is 11.2. The molecule has 2 N–H and O–H groups in total. The summed E-state index contributed by atoms with van der Waals surface area (Å²) in [4.78, 5) is 23.1. The Morgan fingerprint density at radius 1 is 1.14 bits per heavy atom. The SMILES string of the molecule is CC(C)(C)C1CNC(CO)CN1C(=O)c1ccc2cc(Oc3ccc(C(F)(F)F)nc3)ccc2n1. The minimum Gasteiger partial charge on any atom is -0.456 e. The van der Waals surface area contributed by atoms with Gasteiger partial charge < -0.3 is 20.1 Å². The molecule has 186 valence electrons. The monoisotopic (exact) mass is 488 g/mol. The quantitative estimate of drug-likeness (QED) is 0.571. The van der Waals surface area contributed by atoms with Crippen LogP contribution in [0.1, 0.15) is 37.0 Å². The van der Waals surface area contributed by atoms with Gasteiger partial charge in [0.05, 0.1) is 18.3 Å². The van der Waals surface area contributed by atoms with Crippen LogP contribution in [0, 0.1) is 5.41 Å². The van der Waals surface area contributed by atoms with Crippen LogP contribution in [0.5, 0.6) is 11.5 Å². The molecule has 0 saturated carbocycles. The number of halogens is 3. The van der Waals surface area contributed by atoms with Gasteiger partial charge in [-0.15, -0.1) is 0 Å². The first-order chi connectivity index (χ1) is 16.5. The summed E-state index contributed by atoms with van der Waals surface area (Å²) in [6, 6.07) is 10.2. The van der Waals surface area contributed by atoms with E-state index in [1.807, 2.05) is 0 Å². The molecule has 1 aromatic carbocycles. The number of hydrogen-bond acceptors (Lipinski definition) is 6. The zero-order chi connectivity index (χ0) is 25.4. The molecule has 1 amide bonds. The number of benzene rings is 1. The number of aliphatic hydroxyl groups is 1. The first kappa shape index (κ1) is 24.9. The van der Waals surface area contributed by atoms with Gasteiger partial charge in [0.15, 0.2) is 0 Å².